The third-order valence-corrected chi connectivity index (χ3v) is 4.78. The number of nitrogens with zero attached hydrogens (tertiary/aromatic N) is 2. The zero-order valence-corrected chi connectivity index (χ0v) is 15.2. The molecule has 0 radical (unpaired) electrons. The van der Waals surface area contributed by atoms with Crippen LogP contribution in [0.4, 0.5) is 15.8 Å². The molecule has 2 aromatic carbocycles. The van der Waals surface area contributed by atoms with Gasteiger partial charge in [-0.05, 0) is 42.5 Å². The molecule has 1 aliphatic rings. The molecule has 0 atom stereocenters. The average molecular weight is 377 g/mol. The molecule has 1 fully saturated rings. The number of hydrogen-bond donors (Lipinski definition) is 1. The van der Waals surface area contributed by atoms with E-state index in [4.69, 9.17) is 0 Å². The summed E-state index contributed by atoms with van der Waals surface area (Å²) in [6, 6.07) is 12.8. The molecule has 1 heterocycles. The Hall–Kier alpha value is -2.61. The molecule has 1 N–H and O–H groups in total. The Kier molecular flexibility index (Phi) is 5.13. The number of nitrogens with one attached hydrogen (secondary N) is 1. The molecule has 3 rings (SSSR count). The number of sulfonamides is 1. The van der Waals surface area contributed by atoms with Gasteiger partial charge in [-0.3, -0.25) is 9.52 Å². The van der Waals surface area contributed by atoms with Gasteiger partial charge >= 0.3 is 0 Å². The highest BCUT2D eigenvalue weighted by Crippen LogP contribution is 2.19. The molecule has 26 heavy (non-hydrogen) atoms. The van der Waals surface area contributed by atoms with Crippen molar-refractivity contribution in [1.29, 1.82) is 0 Å². The first kappa shape index (κ1) is 18.2. The third kappa shape index (κ3) is 4.51. The second-order valence-electron chi connectivity index (χ2n) is 6.21. The Morgan fingerprint density at radius 3 is 2.31 bits per heavy atom. The van der Waals surface area contributed by atoms with Crippen molar-refractivity contribution in [3.8, 4) is 0 Å². The van der Waals surface area contributed by atoms with Gasteiger partial charge in [0.2, 0.25) is 10.0 Å². The topological polar surface area (TPSA) is 69.7 Å². The van der Waals surface area contributed by atoms with Crippen LogP contribution < -0.4 is 9.62 Å². The van der Waals surface area contributed by atoms with E-state index in [1.807, 2.05) is 0 Å². The van der Waals surface area contributed by atoms with Crippen LogP contribution in [0.2, 0.25) is 0 Å². The van der Waals surface area contributed by atoms with Crippen LogP contribution in [0.15, 0.2) is 48.5 Å². The van der Waals surface area contributed by atoms with E-state index in [-0.39, 0.29) is 11.7 Å². The van der Waals surface area contributed by atoms with Crippen molar-refractivity contribution in [2.24, 2.45) is 0 Å². The summed E-state index contributed by atoms with van der Waals surface area (Å²) in [5.74, 6) is -0.411. The minimum Gasteiger partial charge on any atom is -0.368 e. The maximum absolute atomic E-state index is 13.0. The minimum absolute atomic E-state index is 0.138. The van der Waals surface area contributed by atoms with Crippen LogP contribution in [0.5, 0.6) is 0 Å². The molecule has 0 spiro atoms. The molecule has 0 bridgehead atoms. The quantitative estimate of drug-likeness (QED) is 0.887. The molecule has 6 nitrogen and oxygen atoms in total. The van der Waals surface area contributed by atoms with Gasteiger partial charge in [0.1, 0.15) is 5.82 Å². The zero-order chi connectivity index (χ0) is 18.7. The van der Waals surface area contributed by atoms with E-state index in [9.17, 15) is 17.6 Å². The molecule has 1 aliphatic heterocycles. The largest absolute Gasteiger partial charge is 0.368 e. The maximum atomic E-state index is 13.0. The van der Waals surface area contributed by atoms with Crippen molar-refractivity contribution >= 4 is 27.3 Å². The fraction of sp³-hybridized carbons (Fsp3) is 0.278. The first-order valence-corrected chi connectivity index (χ1v) is 10.1. The van der Waals surface area contributed by atoms with Crippen LogP contribution in [-0.4, -0.2) is 51.7 Å². The third-order valence-electron chi connectivity index (χ3n) is 4.17. The van der Waals surface area contributed by atoms with Crippen molar-refractivity contribution in [2.75, 3.05) is 42.1 Å². The Morgan fingerprint density at radius 2 is 1.69 bits per heavy atom. The van der Waals surface area contributed by atoms with E-state index in [1.165, 1.54) is 18.2 Å². The van der Waals surface area contributed by atoms with E-state index < -0.39 is 10.0 Å². The first-order chi connectivity index (χ1) is 12.3. The SMILES string of the molecule is CS(=O)(=O)Nc1cccc(C(=O)N2CCN(c3ccc(F)cc3)CC2)c1. The molecular formula is C18H20FN3O3S. The van der Waals surface area contributed by atoms with Gasteiger partial charge in [-0.25, -0.2) is 12.8 Å². The van der Waals surface area contributed by atoms with E-state index in [1.54, 1.807) is 35.2 Å². The predicted octanol–water partition coefficient (Wildman–Crippen LogP) is 2.16. The highest BCUT2D eigenvalue weighted by atomic mass is 32.2. The normalized spacial score (nSPS) is 15.0. The molecule has 1 saturated heterocycles. The summed E-state index contributed by atoms with van der Waals surface area (Å²) < 4.78 is 38.1. The second kappa shape index (κ2) is 7.33. The van der Waals surface area contributed by atoms with Crippen molar-refractivity contribution < 1.29 is 17.6 Å². The lowest BCUT2D eigenvalue weighted by molar-refractivity contribution is 0.0747. The summed E-state index contributed by atoms with van der Waals surface area (Å²) in [6.07, 6.45) is 1.07. The molecular weight excluding hydrogens is 357 g/mol. The Balaban J connectivity index is 1.65. The Bertz CT molecular complexity index is 892. The highest BCUT2D eigenvalue weighted by molar-refractivity contribution is 7.92. The van der Waals surface area contributed by atoms with Crippen molar-refractivity contribution in [3.63, 3.8) is 0 Å². The van der Waals surface area contributed by atoms with Crippen LogP contribution in [-0.2, 0) is 10.0 Å². The van der Waals surface area contributed by atoms with Crippen LogP contribution in [0, 0.1) is 5.82 Å². The van der Waals surface area contributed by atoms with Crippen molar-refractivity contribution in [2.45, 2.75) is 0 Å². The summed E-state index contributed by atoms with van der Waals surface area (Å²) in [5, 5.41) is 0. The number of carbonyl (C=O) groups excluding carboxylic acids is 1. The van der Waals surface area contributed by atoms with E-state index >= 15 is 0 Å². The van der Waals surface area contributed by atoms with E-state index in [2.05, 4.69) is 9.62 Å². The number of anilines is 2. The fourth-order valence-electron chi connectivity index (χ4n) is 2.93. The molecule has 0 aliphatic carbocycles. The van der Waals surface area contributed by atoms with Gasteiger partial charge in [-0.1, -0.05) is 6.07 Å². The number of carbonyl (C=O) groups is 1. The lowest BCUT2D eigenvalue weighted by Crippen LogP contribution is -2.48. The minimum atomic E-state index is -3.39. The summed E-state index contributed by atoms with van der Waals surface area (Å²) in [7, 11) is -3.39. The van der Waals surface area contributed by atoms with Gasteiger partial charge in [0.15, 0.2) is 0 Å². The van der Waals surface area contributed by atoms with E-state index in [0.29, 0.717) is 37.4 Å². The van der Waals surface area contributed by atoms with Gasteiger partial charge in [0, 0.05) is 43.1 Å². The van der Waals surface area contributed by atoms with E-state index in [0.717, 1.165) is 11.9 Å². The van der Waals surface area contributed by atoms with Gasteiger partial charge in [0.05, 0.1) is 6.26 Å². The van der Waals surface area contributed by atoms with Gasteiger partial charge in [-0.15, -0.1) is 0 Å². The number of piperazine rings is 1. The number of halogens is 1. The summed E-state index contributed by atoms with van der Waals surface area (Å²) in [4.78, 5) is 16.5. The van der Waals surface area contributed by atoms with Gasteiger partial charge in [-0.2, -0.15) is 0 Å². The maximum Gasteiger partial charge on any atom is 0.254 e. The number of hydrogen-bond acceptors (Lipinski definition) is 4. The number of amides is 1. The summed E-state index contributed by atoms with van der Waals surface area (Å²) in [5.41, 5.74) is 1.73. The van der Waals surface area contributed by atoms with Crippen LogP contribution in [0.25, 0.3) is 0 Å². The summed E-state index contributed by atoms with van der Waals surface area (Å²) >= 11 is 0. The number of rotatable bonds is 4. The average Bonchev–Trinajstić information content (AvgIpc) is 2.61. The highest BCUT2D eigenvalue weighted by Gasteiger charge is 2.22. The Morgan fingerprint density at radius 1 is 1.04 bits per heavy atom. The molecule has 0 saturated carbocycles. The smallest absolute Gasteiger partial charge is 0.254 e. The predicted molar refractivity (Wildman–Crippen MR) is 99.4 cm³/mol. The molecule has 0 unspecified atom stereocenters. The standard InChI is InChI=1S/C18H20FN3O3S/c1-26(24,25)20-16-4-2-3-14(13-16)18(23)22-11-9-21(10-12-22)17-7-5-15(19)6-8-17/h2-8,13,20H,9-12H2,1H3. The lowest BCUT2D eigenvalue weighted by atomic mass is 10.1. The zero-order valence-electron chi connectivity index (χ0n) is 14.4. The van der Waals surface area contributed by atoms with Gasteiger partial charge in [0.25, 0.3) is 5.91 Å². The molecule has 0 aromatic heterocycles. The first-order valence-electron chi connectivity index (χ1n) is 8.19. The fourth-order valence-corrected chi connectivity index (χ4v) is 3.49. The summed E-state index contributed by atoms with van der Waals surface area (Å²) in [6.45, 7) is 2.39. The molecule has 138 valence electrons. The van der Waals surface area contributed by atoms with Crippen LogP contribution >= 0.6 is 0 Å². The van der Waals surface area contributed by atoms with Crippen molar-refractivity contribution in [3.05, 3.63) is 59.9 Å². The van der Waals surface area contributed by atoms with Gasteiger partial charge < -0.3 is 9.80 Å². The Labute approximate surface area is 152 Å². The second-order valence-corrected chi connectivity index (χ2v) is 7.96. The molecule has 2 aromatic rings. The van der Waals surface area contributed by atoms with Crippen molar-refractivity contribution in [1.82, 2.24) is 4.90 Å². The monoisotopic (exact) mass is 377 g/mol. The number of benzene rings is 2. The lowest BCUT2D eigenvalue weighted by Gasteiger charge is -2.36. The molecule has 1 amide bonds. The van der Waals surface area contributed by atoms with Crippen LogP contribution in [0.3, 0.4) is 0 Å². The molecule has 8 heteroatoms. The van der Waals surface area contributed by atoms with Crippen LogP contribution in [0.1, 0.15) is 10.4 Å².